The lowest BCUT2D eigenvalue weighted by atomic mass is 10.4. The number of H-pyrrole nitrogens is 1. The lowest BCUT2D eigenvalue weighted by molar-refractivity contribution is -0.137. The quantitative estimate of drug-likeness (QED) is 0.574. The molecule has 10 heteroatoms. The molecular formula is C9H11N7O3. The standard InChI is InChI=1S/C9H11N7O3/c17-8(18)4-16-3-6(13-15-16)9(19)10-2-1-7-11-5-12-14-7/h3,5H,1-2,4H2,(H,10,19)(H,17,18)(H,11,12,14). The summed E-state index contributed by atoms with van der Waals surface area (Å²) in [4.78, 5) is 26.0. The number of aromatic nitrogens is 6. The number of carboxylic acids is 1. The van der Waals surface area contributed by atoms with Gasteiger partial charge in [0.05, 0.1) is 6.20 Å². The smallest absolute Gasteiger partial charge is 0.325 e. The van der Waals surface area contributed by atoms with Crippen molar-refractivity contribution < 1.29 is 14.7 Å². The molecule has 0 atom stereocenters. The van der Waals surface area contributed by atoms with Gasteiger partial charge in [-0.15, -0.1) is 5.10 Å². The van der Waals surface area contributed by atoms with Crippen molar-refractivity contribution in [2.45, 2.75) is 13.0 Å². The fraction of sp³-hybridized carbons (Fsp3) is 0.333. The van der Waals surface area contributed by atoms with Crippen LogP contribution < -0.4 is 5.32 Å². The van der Waals surface area contributed by atoms with E-state index in [1.54, 1.807) is 0 Å². The van der Waals surface area contributed by atoms with Crippen LogP contribution in [0.3, 0.4) is 0 Å². The van der Waals surface area contributed by atoms with E-state index in [4.69, 9.17) is 5.11 Å². The van der Waals surface area contributed by atoms with E-state index in [1.165, 1.54) is 12.5 Å². The van der Waals surface area contributed by atoms with E-state index in [0.717, 1.165) is 4.68 Å². The van der Waals surface area contributed by atoms with Crippen LogP contribution in [0.5, 0.6) is 0 Å². The van der Waals surface area contributed by atoms with Crippen molar-refractivity contribution in [2.24, 2.45) is 0 Å². The van der Waals surface area contributed by atoms with E-state index in [1.807, 2.05) is 0 Å². The second-order valence-electron chi connectivity index (χ2n) is 3.63. The van der Waals surface area contributed by atoms with Gasteiger partial charge in [0.15, 0.2) is 5.69 Å². The van der Waals surface area contributed by atoms with Crippen LogP contribution >= 0.6 is 0 Å². The molecule has 10 nitrogen and oxygen atoms in total. The lowest BCUT2D eigenvalue weighted by Gasteiger charge is -2.00. The van der Waals surface area contributed by atoms with E-state index in [-0.39, 0.29) is 12.2 Å². The van der Waals surface area contributed by atoms with Gasteiger partial charge in [0, 0.05) is 13.0 Å². The maximum atomic E-state index is 11.7. The summed E-state index contributed by atoms with van der Waals surface area (Å²) in [7, 11) is 0. The number of hydrogen-bond donors (Lipinski definition) is 3. The molecule has 0 radical (unpaired) electrons. The van der Waals surface area contributed by atoms with Crippen LogP contribution in [0.4, 0.5) is 0 Å². The zero-order valence-electron chi connectivity index (χ0n) is 9.78. The van der Waals surface area contributed by atoms with Crippen LogP contribution in [0.2, 0.25) is 0 Å². The van der Waals surface area contributed by atoms with Gasteiger partial charge < -0.3 is 10.4 Å². The molecule has 0 aliphatic heterocycles. The Morgan fingerprint density at radius 3 is 3.00 bits per heavy atom. The molecule has 0 aromatic carbocycles. The minimum absolute atomic E-state index is 0.0684. The number of amides is 1. The molecule has 0 aliphatic carbocycles. The zero-order chi connectivity index (χ0) is 13.7. The summed E-state index contributed by atoms with van der Waals surface area (Å²) in [6.45, 7) is 0.0260. The van der Waals surface area contributed by atoms with E-state index < -0.39 is 11.9 Å². The number of carbonyl (C=O) groups is 2. The van der Waals surface area contributed by atoms with Gasteiger partial charge in [0.1, 0.15) is 18.7 Å². The first kappa shape index (κ1) is 12.7. The first-order valence-electron chi connectivity index (χ1n) is 5.39. The summed E-state index contributed by atoms with van der Waals surface area (Å²) in [6.07, 6.45) is 3.17. The molecule has 2 aromatic rings. The van der Waals surface area contributed by atoms with Gasteiger partial charge in [0.25, 0.3) is 5.91 Å². The fourth-order valence-electron chi connectivity index (χ4n) is 1.35. The Kier molecular flexibility index (Phi) is 3.81. The van der Waals surface area contributed by atoms with E-state index in [0.29, 0.717) is 18.8 Å². The van der Waals surface area contributed by atoms with Crippen molar-refractivity contribution in [3.05, 3.63) is 24.0 Å². The normalized spacial score (nSPS) is 10.3. The molecule has 0 spiro atoms. The van der Waals surface area contributed by atoms with Gasteiger partial charge in [-0.3, -0.25) is 14.7 Å². The highest BCUT2D eigenvalue weighted by molar-refractivity contribution is 5.91. The Bertz CT molecular complexity index is 562. The Hall–Kier alpha value is -2.78. The van der Waals surface area contributed by atoms with Gasteiger partial charge >= 0.3 is 5.97 Å². The third-order valence-corrected chi connectivity index (χ3v) is 2.18. The van der Waals surface area contributed by atoms with Crippen LogP contribution in [-0.4, -0.2) is 53.7 Å². The average molecular weight is 265 g/mol. The number of aromatic amines is 1. The zero-order valence-corrected chi connectivity index (χ0v) is 9.78. The maximum Gasteiger partial charge on any atom is 0.325 e. The third kappa shape index (κ3) is 3.59. The van der Waals surface area contributed by atoms with Gasteiger partial charge in [0.2, 0.25) is 0 Å². The molecule has 0 bridgehead atoms. The highest BCUT2D eigenvalue weighted by Crippen LogP contribution is 1.94. The number of hydrogen-bond acceptors (Lipinski definition) is 6. The second-order valence-corrected chi connectivity index (χ2v) is 3.63. The van der Waals surface area contributed by atoms with Crippen molar-refractivity contribution in [2.75, 3.05) is 6.54 Å². The summed E-state index contributed by atoms with van der Waals surface area (Å²) < 4.78 is 1.08. The SMILES string of the molecule is O=C(O)Cn1cc(C(=O)NCCc2ncn[nH]2)nn1. The summed E-state index contributed by atoms with van der Waals surface area (Å²) in [5, 5.41) is 24.6. The summed E-state index contributed by atoms with van der Waals surface area (Å²) in [6, 6.07) is 0. The predicted molar refractivity (Wildman–Crippen MR) is 60.1 cm³/mol. The number of aliphatic carboxylic acids is 1. The number of nitrogens with one attached hydrogen (secondary N) is 2. The summed E-state index contributed by atoms with van der Waals surface area (Å²) in [5.74, 6) is -0.812. The van der Waals surface area contributed by atoms with Gasteiger partial charge in [-0.1, -0.05) is 5.21 Å². The van der Waals surface area contributed by atoms with Gasteiger partial charge in [-0.05, 0) is 0 Å². The van der Waals surface area contributed by atoms with Crippen LogP contribution in [0, 0.1) is 0 Å². The molecule has 2 aromatic heterocycles. The van der Waals surface area contributed by atoms with E-state index in [2.05, 4.69) is 30.8 Å². The van der Waals surface area contributed by atoms with Crippen molar-refractivity contribution >= 4 is 11.9 Å². The fourth-order valence-corrected chi connectivity index (χ4v) is 1.35. The molecule has 0 unspecified atom stereocenters. The molecule has 19 heavy (non-hydrogen) atoms. The highest BCUT2D eigenvalue weighted by Gasteiger charge is 2.11. The molecule has 100 valence electrons. The monoisotopic (exact) mass is 265 g/mol. The van der Waals surface area contributed by atoms with Crippen LogP contribution in [-0.2, 0) is 17.8 Å². The van der Waals surface area contributed by atoms with Crippen LogP contribution in [0.25, 0.3) is 0 Å². The molecule has 2 rings (SSSR count). The Morgan fingerprint density at radius 1 is 1.47 bits per heavy atom. The summed E-state index contributed by atoms with van der Waals surface area (Å²) in [5.41, 5.74) is 0.0684. The second kappa shape index (κ2) is 5.71. The molecule has 0 saturated heterocycles. The lowest BCUT2D eigenvalue weighted by Crippen LogP contribution is -2.26. The van der Waals surface area contributed by atoms with Gasteiger partial charge in [-0.25, -0.2) is 9.67 Å². The molecular weight excluding hydrogens is 254 g/mol. The van der Waals surface area contributed by atoms with Crippen molar-refractivity contribution in [1.82, 2.24) is 35.5 Å². The predicted octanol–water partition coefficient (Wildman–Crippen LogP) is -1.55. The number of carboxylic acid groups (broad SMARTS) is 1. The number of rotatable bonds is 6. The van der Waals surface area contributed by atoms with Crippen LogP contribution in [0.1, 0.15) is 16.3 Å². The maximum absolute atomic E-state index is 11.7. The van der Waals surface area contributed by atoms with Crippen molar-refractivity contribution in [3.8, 4) is 0 Å². The van der Waals surface area contributed by atoms with Crippen molar-refractivity contribution in [3.63, 3.8) is 0 Å². The number of carbonyl (C=O) groups excluding carboxylic acids is 1. The minimum Gasteiger partial charge on any atom is -0.480 e. The van der Waals surface area contributed by atoms with Gasteiger partial charge in [-0.2, -0.15) is 5.10 Å². The highest BCUT2D eigenvalue weighted by atomic mass is 16.4. The molecule has 0 fully saturated rings. The Balaban J connectivity index is 1.82. The molecule has 0 aliphatic rings. The molecule has 3 N–H and O–H groups in total. The topological polar surface area (TPSA) is 139 Å². The first-order chi connectivity index (χ1) is 9.15. The third-order valence-electron chi connectivity index (χ3n) is 2.18. The Labute approximate surface area is 106 Å². The average Bonchev–Trinajstić information content (AvgIpc) is 2.99. The van der Waals surface area contributed by atoms with E-state index >= 15 is 0 Å². The molecule has 1 amide bonds. The van der Waals surface area contributed by atoms with E-state index in [9.17, 15) is 9.59 Å². The largest absolute Gasteiger partial charge is 0.480 e. The Morgan fingerprint density at radius 2 is 2.32 bits per heavy atom. The number of nitrogens with zero attached hydrogens (tertiary/aromatic N) is 5. The minimum atomic E-state index is -1.05. The van der Waals surface area contributed by atoms with Crippen LogP contribution in [0.15, 0.2) is 12.5 Å². The first-order valence-corrected chi connectivity index (χ1v) is 5.39. The summed E-state index contributed by atoms with van der Waals surface area (Å²) >= 11 is 0. The molecule has 0 saturated carbocycles. The van der Waals surface area contributed by atoms with Crippen molar-refractivity contribution in [1.29, 1.82) is 0 Å². The molecule has 2 heterocycles.